The van der Waals surface area contributed by atoms with Gasteiger partial charge in [-0.2, -0.15) is 0 Å². The second kappa shape index (κ2) is 5.65. The second-order valence-electron chi connectivity index (χ2n) is 4.89. The van der Waals surface area contributed by atoms with Crippen molar-refractivity contribution in [1.82, 2.24) is 9.97 Å². The van der Waals surface area contributed by atoms with Crippen LogP contribution in [0.15, 0.2) is 65.8 Å². The lowest BCUT2D eigenvalue weighted by molar-refractivity contribution is 0.600. The van der Waals surface area contributed by atoms with Gasteiger partial charge in [0, 0.05) is 23.6 Å². The topological polar surface area (TPSA) is 74.8 Å². The minimum atomic E-state index is -3.58. The molecule has 0 aliphatic rings. The lowest BCUT2D eigenvalue weighted by Crippen LogP contribution is -2.14. The molecule has 3 rings (SSSR count). The van der Waals surface area contributed by atoms with Crippen LogP contribution in [0.2, 0.25) is 0 Å². The lowest BCUT2D eigenvalue weighted by Gasteiger charge is -2.10. The number of benzene rings is 2. The minimum absolute atomic E-state index is 0.283. The molecule has 0 unspecified atom stereocenters. The monoisotopic (exact) mass is 313 g/mol. The van der Waals surface area contributed by atoms with Gasteiger partial charge in [0.1, 0.15) is 5.82 Å². The first kappa shape index (κ1) is 14.3. The zero-order valence-corrected chi connectivity index (χ0v) is 12.8. The maximum absolute atomic E-state index is 12.4. The zero-order chi connectivity index (χ0) is 15.6. The maximum Gasteiger partial charge on any atom is 0.262 e. The Morgan fingerprint density at radius 2 is 1.77 bits per heavy atom. The van der Waals surface area contributed by atoms with Crippen LogP contribution >= 0.6 is 0 Å². The van der Waals surface area contributed by atoms with Crippen molar-refractivity contribution in [3.8, 4) is 11.4 Å². The van der Waals surface area contributed by atoms with Gasteiger partial charge >= 0.3 is 0 Å². The predicted molar refractivity (Wildman–Crippen MR) is 86.0 cm³/mol. The molecule has 2 N–H and O–H groups in total. The number of rotatable bonds is 4. The van der Waals surface area contributed by atoms with Crippen LogP contribution in [0.1, 0.15) is 5.56 Å². The quantitative estimate of drug-likeness (QED) is 0.777. The van der Waals surface area contributed by atoms with Gasteiger partial charge in [0.15, 0.2) is 0 Å². The van der Waals surface area contributed by atoms with Crippen molar-refractivity contribution in [2.75, 3.05) is 4.72 Å². The highest BCUT2D eigenvalue weighted by atomic mass is 32.2. The van der Waals surface area contributed by atoms with Crippen molar-refractivity contribution in [2.45, 2.75) is 11.8 Å². The van der Waals surface area contributed by atoms with Crippen LogP contribution in [0.3, 0.4) is 0 Å². The van der Waals surface area contributed by atoms with Gasteiger partial charge in [-0.1, -0.05) is 18.2 Å². The van der Waals surface area contributed by atoms with Crippen LogP contribution in [-0.4, -0.2) is 18.4 Å². The number of hydrogen-bond donors (Lipinski definition) is 2. The number of H-pyrrole nitrogens is 1. The average Bonchev–Trinajstić information content (AvgIpc) is 3.02. The van der Waals surface area contributed by atoms with E-state index in [0.29, 0.717) is 11.3 Å². The lowest BCUT2D eigenvalue weighted by atomic mass is 10.2. The standard InChI is InChI=1S/C16H15N3O2S/c1-12-4-2-3-5-15(12)22(20,21)19-14-8-6-13(7-9-14)16-17-10-11-18-16/h2-11,19H,1H3,(H,17,18). The molecule has 0 atom stereocenters. The minimum Gasteiger partial charge on any atom is -0.345 e. The van der Waals surface area contributed by atoms with Crippen LogP contribution in [0, 0.1) is 6.92 Å². The van der Waals surface area contributed by atoms with Crippen LogP contribution in [0.25, 0.3) is 11.4 Å². The number of sulfonamides is 1. The van der Waals surface area contributed by atoms with Gasteiger partial charge in [-0.25, -0.2) is 13.4 Å². The highest BCUT2D eigenvalue weighted by Gasteiger charge is 2.16. The molecule has 22 heavy (non-hydrogen) atoms. The molecule has 0 radical (unpaired) electrons. The Morgan fingerprint density at radius 3 is 2.41 bits per heavy atom. The molecule has 2 aromatic carbocycles. The van der Waals surface area contributed by atoms with Crippen molar-refractivity contribution in [3.05, 3.63) is 66.5 Å². The smallest absolute Gasteiger partial charge is 0.262 e. The van der Waals surface area contributed by atoms with E-state index in [2.05, 4.69) is 14.7 Å². The molecule has 3 aromatic rings. The van der Waals surface area contributed by atoms with Gasteiger partial charge in [-0.15, -0.1) is 0 Å². The van der Waals surface area contributed by atoms with E-state index >= 15 is 0 Å². The van der Waals surface area contributed by atoms with E-state index in [1.54, 1.807) is 49.6 Å². The maximum atomic E-state index is 12.4. The van der Waals surface area contributed by atoms with Crippen LogP contribution in [-0.2, 0) is 10.0 Å². The second-order valence-corrected chi connectivity index (χ2v) is 6.54. The molecule has 0 bridgehead atoms. The van der Waals surface area contributed by atoms with Gasteiger partial charge < -0.3 is 4.98 Å². The van der Waals surface area contributed by atoms with Crippen LogP contribution in [0.5, 0.6) is 0 Å². The largest absolute Gasteiger partial charge is 0.345 e. The van der Waals surface area contributed by atoms with E-state index in [1.165, 1.54) is 0 Å². The number of aryl methyl sites for hydroxylation is 1. The first-order chi connectivity index (χ1) is 10.6. The zero-order valence-electron chi connectivity index (χ0n) is 11.9. The summed E-state index contributed by atoms with van der Waals surface area (Å²) in [5.41, 5.74) is 2.12. The summed E-state index contributed by atoms with van der Waals surface area (Å²) < 4.78 is 27.4. The van der Waals surface area contributed by atoms with Crippen LogP contribution in [0.4, 0.5) is 5.69 Å². The number of aromatic amines is 1. The summed E-state index contributed by atoms with van der Waals surface area (Å²) in [6, 6.07) is 13.9. The van der Waals surface area contributed by atoms with E-state index in [0.717, 1.165) is 11.4 Å². The average molecular weight is 313 g/mol. The highest BCUT2D eigenvalue weighted by molar-refractivity contribution is 7.92. The molecule has 5 nitrogen and oxygen atoms in total. The fraction of sp³-hybridized carbons (Fsp3) is 0.0625. The molecule has 6 heteroatoms. The molecule has 112 valence electrons. The van der Waals surface area contributed by atoms with Crippen molar-refractivity contribution < 1.29 is 8.42 Å². The number of imidazole rings is 1. The number of nitrogens with one attached hydrogen (secondary N) is 2. The van der Waals surface area contributed by atoms with E-state index in [4.69, 9.17) is 0 Å². The first-order valence-electron chi connectivity index (χ1n) is 6.74. The van der Waals surface area contributed by atoms with Crippen molar-refractivity contribution >= 4 is 15.7 Å². The van der Waals surface area contributed by atoms with Crippen LogP contribution < -0.4 is 4.72 Å². The third-order valence-corrected chi connectivity index (χ3v) is 4.83. The Labute approximate surface area is 129 Å². The predicted octanol–water partition coefficient (Wildman–Crippen LogP) is 3.19. The summed E-state index contributed by atoms with van der Waals surface area (Å²) >= 11 is 0. The van der Waals surface area contributed by atoms with E-state index < -0.39 is 10.0 Å². The Kier molecular flexibility index (Phi) is 3.68. The Balaban J connectivity index is 1.86. The summed E-state index contributed by atoms with van der Waals surface area (Å²) in [7, 11) is -3.58. The number of anilines is 1. The summed E-state index contributed by atoms with van der Waals surface area (Å²) in [6.07, 6.45) is 3.41. The Hall–Kier alpha value is -2.60. The molecule has 0 amide bonds. The van der Waals surface area contributed by atoms with Crippen molar-refractivity contribution in [2.24, 2.45) is 0 Å². The normalized spacial score (nSPS) is 11.3. The summed E-state index contributed by atoms with van der Waals surface area (Å²) in [5, 5.41) is 0. The van der Waals surface area contributed by atoms with Gasteiger partial charge in [-0.05, 0) is 42.8 Å². The molecular formula is C16H15N3O2S. The molecular weight excluding hydrogens is 298 g/mol. The molecule has 0 saturated heterocycles. The fourth-order valence-electron chi connectivity index (χ4n) is 2.19. The third-order valence-electron chi connectivity index (χ3n) is 3.29. The van der Waals surface area contributed by atoms with Gasteiger partial charge in [-0.3, -0.25) is 4.72 Å². The molecule has 1 heterocycles. The molecule has 0 saturated carbocycles. The molecule has 0 aliphatic heterocycles. The van der Waals surface area contributed by atoms with Crippen molar-refractivity contribution in [3.63, 3.8) is 0 Å². The van der Waals surface area contributed by atoms with Crippen molar-refractivity contribution in [1.29, 1.82) is 0 Å². The van der Waals surface area contributed by atoms with Gasteiger partial charge in [0.25, 0.3) is 10.0 Å². The SMILES string of the molecule is Cc1ccccc1S(=O)(=O)Nc1ccc(-c2ncc[nH]2)cc1. The third kappa shape index (κ3) is 2.87. The van der Waals surface area contributed by atoms with Gasteiger partial charge in [0.05, 0.1) is 4.90 Å². The number of aromatic nitrogens is 2. The molecule has 1 aromatic heterocycles. The molecule has 0 fully saturated rings. The number of nitrogens with zero attached hydrogens (tertiary/aromatic N) is 1. The Bertz CT molecular complexity index is 870. The molecule has 0 aliphatic carbocycles. The molecule has 0 spiro atoms. The fourth-order valence-corrected chi connectivity index (χ4v) is 3.49. The number of hydrogen-bond acceptors (Lipinski definition) is 3. The highest BCUT2D eigenvalue weighted by Crippen LogP contribution is 2.21. The van der Waals surface area contributed by atoms with E-state index in [-0.39, 0.29) is 4.90 Å². The van der Waals surface area contributed by atoms with E-state index in [1.807, 2.05) is 18.2 Å². The van der Waals surface area contributed by atoms with E-state index in [9.17, 15) is 8.42 Å². The summed E-state index contributed by atoms with van der Waals surface area (Å²) in [5.74, 6) is 0.744. The summed E-state index contributed by atoms with van der Waals surface area (Å²) in [6.45, 7) is 1.77. The summed E-state index contributed by atoms with van der Waals surface area (Å²) in [4.78, 5) is 7.44. The Morgan fingerprint density at radius 1 is 1.05 bits per heavy atom. The first-order valence-corrected chi connectivity index (χ1v) is 8.23. The van der Waals surface area contributed by atoms with Gasteiger partial charge in [0.2, 0.25) is 0 Å².